The third-order valence-electron chi connectivity index (χ3n) is 5.80. The molecule has 0 spiro atoms. The van der Waals surface area contributed by atoms with Gasteiger partial charge in [-0.2, -0.15) is 0 Å². The molecule has 3 rings (SSSR count). The van der Waals surface area contributed by atoms with Gasteiger partial charge in [0.25, 0.3) is 0 Å². The maximum Gasteiger partial charge on any atom is 0.230 e. The SMILES string of the molecule is CCC(C(=O)N1CCC(NC(=O)CCCOc2cccc(Cl)c2Cl)CC1)c1ccccc1. The van der Waals surface area contributed by atoms with E-state index in [9.17, 15) is 9.59 Å². The molecule has 0 saturated carbocycles. The molecule has 0 aromatic heterocycles. The van der Waals surface area contributed by atoms with Crippen LogP contribution in [0.1, 0.15) is 50.5 Å². The summed E-state index contributed by atoms with van der Waals surface area (Å²) in [4.78, 5) is 27.2. The van der Waals surface area contributed by atoms with E-state index < -0.39 is 0 Å². The van der Waals surface area contributed by atoms with E-state index in [1.807, 2.05) is 42.2 Å². The number of halogens is 2. The molecule has 0 radical (unpaired) electrons. The highest BCUT2D eigenvalue weighted by atomic mass is 35.5. The fraction of sp³-hybridized carbons (Fsp3) is 0.440. The third kappa shape index (κ3) is 6.63. The summed E-state index contributed by atoms with van der Waals surface area (Å²) < 4.78 is 5.63. The van der Waals surface area contributed by atoms with Crippen molar-refractivity contribution in [2.45, 2.75) is 51.0 Å². The fourth-order valence-electron chi connectivity index (χ4n) is 4.01. The molecular formula is C25H30Cl2N2O3. The van der Waals surface area contributed by atoms with Crippen LogP contribution in [0.4, 0.5) is 0 Å². The van der Waals surface area contributed by atoms with Crippen LogP contribution in [-0.4, -0.2) is 42.5 Å². The minimum atomic E-state index is -0.102. The molecule has 1 fully saturated rings. The second-order valence-corrected chi connectivity index (χ2v) is 8.83. The molecule has 32 heavy (non-hydrogen) atoms. The third-order valence-corrected chi connectivity index (χ3v) is 6.60. The van der Waals surface area contributed by atoms with Crippen molar-refractivity contribution < 1.29 is 14.3 Å². The van der Waals surface area contributed by atoms with Crippen LogP contribution >= 0.6 is 23.2 Å². The maximum absolute atomic E-state index is 13.0. The smallest absolute Gasteiger partial charge is 0.230 e. The standard InChI is InChI=1S/C25H30Cl2N2O3/c1-2-20(18-8-4-3-5-9-18)25(31)29-15-13-19(14-16-29)28-23(30)12-7-17-32-22-11-6-10-21(26)24(22)27/h3-6,8-11,19-20H,2,7,12-17H2,1H3,(H,28,30). The largest absolute Gasteiger partial charge is 0.492 e. The number of ether oxygens (including phenoxy) is 1. The van der Waals surface area contributed by atoms with Crippen LogP contribution in [0.2, 0.25) is 10.0 Å². The summed E-state index contributed by atoms with van der Waals surface area (Å²) >= 11 is 12.1. The van der Waals surface area contributed by atoms with Gasteiger partial charge < -0.3 is 15.0 Å². The second kappa shape index (κ2) is 12.1. The molecule has 1 aliphatic heterocycles. The molecular weight excluding hydrogens is 447 g/mol. The topological polar surface area (TPSA) is 58.6 Å². The Hall–Kier alpha value is -2.24. The summed E-state index contributed by atoms with van der Waals surface area (Å²) in [6.07, 6.45) is 3.29. The number of nitrogens with one attached hydrogen (secondary N) is 1. The summed E-state index contributed by atoms with van der Waals surface area (Å²) in [7, 11) is 0. The monoisotopic (exact) mass is 476 g/mol. The number of nitrogens with zero attached hydrogens (tertiary/aromatic N) is 1. The minimum absolute atomic E-state index is 0.00582. The Labute approximate surface area is 200 Å². The Morgan fingerprint density at radius 2 is 1.81 bits per heavy atom. The van der Waals surface area contributed by atoms with E-state index in [1.165, 1.54) is 0 Å². The average molecular weight is 477 g/mol. The van der Waals surface area contributed by atoms with Crippen molar-refractivity contribution in [1.29, 1.82) is 0 Å². The van der Waals surface area contributed by atoms with Gasteiger partial charge in [0, 0.05) is 25.6 Å². The van der Waals surface area contributed by atoms with Gasteiger partial charge in [-0.15, -0.1) is 0 Å². The molecule has 2 aromatic rings. The number of hydrogen-bond acceptors (Lipinski definition) is 3. The Kier molecular flexibility index (Phi) is 9.24. The van der Waals surface area contributed by atoms with Gasteiger partial charge >= 0.3 is 0 Å². The van der Waals surface area contributed by atoms with Gasteiger partial charge in [0.15, 0.2) is 0 Å². The normalized spacial score (nSPS) is 15.3. The molecule has 172 valence electrons. The lowest BCUT2D eigenvalue weighted by atomic mass is 9.93. The first-order valence-corrected chi connectivity index (χ1v) is 11.9. The molecule has 1 unspecified atom stereocenters. The summed E-state index contributed by atoms with van der Waals surface area (Å²) in [5, 5.41) is 3.92. The number of amides is 2. The Morgan fingerprint density at radius 3 is 2.50 bits per heavy atom. The molecule has 1 heterocycles. The van der Waals surface area contributed by atoms with Gasteiger partial charge in [-0.05, 0) is 43.4 Å². The van der Waals surface area contributed by atoms with Crippen LogP contribution in [0.5, 0.6) is 5.75 Å². The molecule has 7 heteroatoms. The van der Waals surface area contributed by atoms with Crippen molar-refractivity contribution in [2.24, 2.45) is 0 Å². The highest BCUT2D eigenvalue weighted by molar-refractivity contribution is 6.42. The van der Waals surface area contributed by atoms with Gasteiger partial charge in [0.2, 0.25) is 11.8 Å². The summed E-state index contributed by atoms with van der Waals surface area (Å²) in [6, 6.07) is 15.3. The first-order chi connectivity index (χ1) is 15.5. The van der Waals surface area contributed by atoms with Crippen LogP contribution in [0.3, 0.4) is 0 Å². The van der Waals surface area contributed by atoms with Crippen molar-refractivity contribution in [3.63, 3.8) is 0 Å². The number of piperidine rings is 1. The van der Waals surface area contributed by atoms with Crippen LogP contribution < -0.4 is 10.1 Å². The number of likely N-dealkylation sites (tertiary alicyclic amines) is 1. The second-order valence-electron chi connectivity index (χ2n) is 8.04. The summed E-state index contributed by atoms with van der Waals surface area (Å²) in [5.74, 6) is 0.611. The number of rotatable bonds is 9. The van der Waals surface area contributed by atoms with Gasteiger partial charge in [0.05, 0.1) is 17.5 Å². The molecule has 5 nitrogen and oxygen atoms in total. The zero-order valence-corrected chi connectivity index (χ0v) is 19.9. The van der Waals surface area contributed by atoms with Crippen LogP contribution in [0.25, 0.3) is 0 Å². The van der Waals surface area contributed by atoms with Crippen LogP contribution in [0, 0.1) is 0 Å². The van der Waals surface area contributed by atoms with E-state index in [2.05, 4.69) is 5.32 Å². The average Bonchev–Trinajstić information content (AvgIpc) is 2.81. The Bertz CT molecular complexity index is 899. The number of benzene rings is 2. The van der Waals surface area contributed by atoms with Crippen molar-refractivity contribution in [3.05, 3.63) is 64.1 Å². The lowest BCUT2D eigenvalue weighted by molar-refractivity contribution is -0.134. The van der Waals surface area contributed by atoms with E-state index >= 15 is 0 Å². The predicted molar refractivity (Wildman–Crippen MR) is 128 cm³/mol. The summed E-state index contributed by atoms with van der Waals surface area (Å²) in [5.41, 5.74) is 1.07. The molecule has 1 atom stereocenters. The summed E-state index contributed by atoms with van der Waals surface area (Å²) in [6.45, 7) is 3.78. The minimum Gasteiger partial charge on any atom is -0.492 e. The van der Waals surface area contributed by atoms with Crippen LogP contribution in [-0.2, 0) is 9.59 Å². The molecule has 2 amide bonds. The van der Waals surface area contributed by atoms with Crippen molar-refractivity contribution >= 4 is 35.0 Å². The van der Waals surface area contributed by atoms with E-state index in [-0.39, 0.29) is 23.8 Å². The van der Waals surface area contributed by atoms with E-state index in [0.29, 0.717) is 48.3 Å². The lowest BCUT2D eigenvalue weighted by Crippen LogP contribution is -2.47. The molecule has 0 aliphatic carbocycles. The van der Waals surface area contributed by atoms with Crippen LogP contribution in [0.15, 0.2) is 48.5 Å². The molecule has 1 saturated heterocycles. The highest BCUT2D eigenvalue weighted by Crippen LogP contribution is 2.31. The Morgan fingerprint density at radius 1 is 1.09 bits per heavy atom. The maximum atomic E-state index is 13.0. The molecule has 1 aliphatic rings. The Balaban J connectivity index is 1.37. The van der Waals surface area contributed by atoms with Crippen molar-refractivity contribution in [2.75, 3.05) is 19.7 Å². The fourth-order valence-corrected chi connectivity index (χ4v) is 4.36. The van der Waals surface area contributed by atoms with Crippen molar-refractivity contribution in [3.8, 4) is 5.75 Å². The number of carbonyl (C=O) groups is 2. The first kappa shape index (κ1) is 24.4. The predicted octanol–water partition coefficient (Wildman–Crippen LogP) is 5.45. The van der Waals surface area contributed by atoms with E-state index in [0.717, 1.165) is 24.8 Å². The van der Waals surface area contributed by atoms with Gasteiger partial charge in [-0.25, -0.2) is 0 Å². The van der Waals surface area contributed by atoms with E-state index in [1.54, 1.807) is 18.2 Å². The molecule has 1 N–H and O–H groups in total. The zero-order valence-electron chi connectivity index (χ0n) is 18.4. The number of hydrogen-bond donors (Lipinski definition) is 1. The zero-order chi connectivity index (χ0) is 22.9. The number of carbonyl (C=O) groups excluding carboxylic acids is 2. The molecule has 0 bridgehead atoms. The quantitative estimate of drug-likeness (QED) is 0.489. The van der Waals surface area contributed by atoms with Gasteiger partial charge in [0.1, 0.15) is 10.8 Å². The molecule has 2 aromatic carbocycles. The van der Waals surface area contributed by atoms with Gasteiger partial charge in [-0.3, -0.25) is 9.59 Å². The highest BCUT2D eigenvalue weighted by Gasteiger charge is 2.28. The van der Waals surface area contributed by atoms with Crippen molar-refractivity contribution in [1.82, 2.24) is 10.2 Å². The first-order valence-electron chi connectivity index (χ1n) is 11.2. The van der Waals surface area contributed by atoms with E-state index in [4.69, 9.17) is 27.9 Å². The van der Waals surface area contributed by atoms with Gasteiger partial charge in [-0.1, -0.05) is 66.5 Å². The lowest BCUT2D eigenvalue weighted by Gasteiger charge is -2.34.